The van der Waals surface area contributed by atoms with Crippen LogP contribution in [-0.2, 0) is 14.4 Å². The Balaban J connectivity index is 2.79. The van der Waals surface area contributed by atoms with Gasteiger partial charge in [-0.05, 0) is 20.3 Å². The number of hydrogen-bond donors (Lipinski definition) is 1. The van der Waals surface area contributed by atoms with Gasteiger partial charge in [-0.2, -0.15) is 0 Å². The van der Waals surface area contributed by atoms with Crippen LogP contribution in [-0.4, -0.2) is 18.2 Å². The summed E-state index contributed by atoms with van der Waals surface area (Å²) < 4.78 is 0. The Labute approximate surface area is 83.3 Å². The average Bonchev–Trinajstić information content (AvgIpc) is 2.14. The lowest BCUT2D eigenvalue weighted by atomic mass is 9.91. The number of carbonyl (C=O) groups is 2. The van der Waals surface area contributed by atoms with Gasteiger partial charge in [-0.1, -0.05) is 0 Å². The molecule has 0 aromatic rings. The number of carbonyl (C=O) groups excluding carboxylic acids is 2. The van der Waals surface area contributed by atoms with Crippen molar-refractivity contribution in [2.24, 2.45) is 0 Å². The van der Waals surface area contributed by atoms with Gasteiger partial charge in [-0.3, -0.25) is 19.9 Å². The van der Waals surface area contributed by atoms with Gasteiger partial charge in [0.25, 0.3) is 0 Å². The highest BCUT2D eigenvalue weighted by Crippen LogP contribution is 2.18. The van der Waals surface area contributed by atoms with Crippen molar-refractivity contribution in [2.75, 3.05) is 6.61 Å². The summed E-state index contributed by atoms with van der Waals surface area (Å²) in [5, 5.41) is 0. The molecule has 4 nitrogen and oxygen atoms in total. The zero-order valence-corrected chi connectivity index (χ0v) is 8.55. The maximum absolute atomic E-state index is 11.4. The van der Waals surface area contributed by atoms with Gasteiger partial charge in [0.05, 0.1) is 12.2 Å². The Bertz CT molecular complexity index is 263. The molecule has 14 heavy (non-hydrogen) atoms. The molecule has 1 rings (SSSR count). The Kier molecular flexibility index (Phi) is 3.83. The summed E-state index contributed by atoms with van der Waals surface area (Å²) in [5.41, 5.74) is 3.41. The zero-order valence-electron chi connectivity index (χ0n) is 8.55. The second kappa shape index (κ2) is 4.91. The fourth-order valence-electron chi connectivity index (χ4n) is 1.46. The second-order valence-electron chi connectivity index (χ2n) is 3.23. The highest BCUT2D eigenvalue weighted by molar-refractivity contribution is 6.22. The largest absolute Gasteiger partial charge is 0.294 e. The van der Waals surface area contributed by atoms with E-state index in [4.69, 9.17) is 4.84 Å². The number of ketones is 2. The average molecular weight is 197 g/mol. The molecular formula is C10H15NO3. The van der Waals surface area contributed by atoms with E-state index in [0.29, 0.717) is 31.6 Å². The predicted molar refractivity (Wildman–Crippen MR) is 51.3 cm³/mol. The summed E-state index contributed by atoms with van der Waals surface area (Å²) in [5.74, 6) is -0.156. The molecule has 0 aromatic carbocycles. The minimum absolute atomic E-state index is 0.0778. The molecule has 4 heteroatoms. The summed E-state index contributed by atoms with van der Waals surface area (Å²) in [4.78, 5) is 27.8. The van der Waals surface area contributed by atoms with Crippen LogP contribution in [0.1, 0.15) is 33.1 Å². The third-order valence-corrected chi connectivity index (χ3v) is 2.11. The maximum atomic E-state index is 11.4. The van der Waals surface area contributed by atoms with Crippen molar-refractivity contribution >= 4 is 11.6 Å². The minimum Gasteiger partial charge on any atom is -0.294 e. The van der Waals surface area contributed by atoms with Crippen LogP contribution < -0.4 is 5.48 Å². The Hall–Kier alpha value is -1.16. The number of allylic oxidation sites excluding steroid dienone is 2. The maximum Gasteiger partial charge on any atom is 0.168 e. The van der Waals surface area contributed by atoms with Crippen LogP contribution >= 0.6 is 0 Å². The van der Waals surface area contributed by atoms with Crippen molar-refractivity contribution in [2.45, 2.75) is 33.1 Å². The molecule has 1 aliphatic carbocycles. The van der Waals surface area contributed by atoms with Crippen molar-refractivity contribution < 1.29 is 14.4 Å². The predicted octanol–water partition coefficient (Wildman–Crippen LogP) is 1.12. The summed E-state index contributed by atoms with van der Waals surface area (Å²) >= 11 is 0. The summed E-state index contributed by atoms with van der Waals surface area (Å²) in [6.45, 7) is 4.01. The normalized spacial score (nSPS) is 17.1. The van der Waals surface area contributed by atoms with Crippen LogP contribution in [0.3, 0.4) is 0 Å². The molecule has 0 amide bonds. The molecule has 0 atom stereocenters. The van der Waals surface area contributed by atoms with Gasteiger partial charge in [0.2, 0.25) is 0 Å². The Morgan fingerprint density at radius 1 is 1.36 bits per heavy atom. The van der Waals surface area contributed by atoms with Crippen LogP contribution in [0.15, 0.2) is 11.3 Å². The van der Waals surface area contributed by atoms with E-state index in [1.54, 1.807) is 6.92 Å². The van der Waals surface area contributed by atoms with Crippen molar-refractivity contribution in [3.05, 3.63) is 11.3 Å². The molecule has 0 bridgehead atoms. The van der Waals surface area contributed by atoms with Crippen LogP contribution in [0.2, 0.25) is 0 Å². The van der Waals surface area contributed by atoms with Crippen molar-refractivity contribution in [1.82, 2.24) is 5.48 Å². The first kappa shape index (κ1) is 10.9. The molecule has 0 heterocycles. The van der Waals surface area contributed by atoms with E-state index in [1.807, 2.05) is 6.92 Å². The number of rotatable bonds is 3. The lowest BCUT2D eigenvalue weighted by molar-refractivity contribution is -0.124. The van der Waals surface area contributed by atoms with Crippen LogP contribution in [0, 0.1) is 0 Å². The van der Waals surface area contributed by atoms with Gasteiger partial charge in [0.1, 0.15) is 0 Å². The molecule has 0 aliphatic heterocycles. The van der Waals surface area contributed by atoms with Crippen LogP contribution in [0.25, 0.3) is 0 Å². The number of nitrogens with one attached hydrogen (secondary N) is 1. The topological polar surface area (TPSA) is 55.4 Å². The van der Waals surface area contributed by atoms with Gasteiger partial charge in [-0.25, -0.2) is 0 Å². The highest BCUT2D eigenvalue weighted by Gasteiger charge is 2.25. The summed E-state index contributed by atoms with van der Waals surface area (Å²) in [6.07, 6.45) is 1.60. The molecule has 0 saturated heterocycles. The SMILES string of the molecule is CCONC(C)=C1C(=O)CCCC1=O. The van der Waals surface area contributed by atoms with E-state index >= 15 is 0 Å². The van der Waals surface area contributed by atoms with Crippen LogP contribution in [0.5, 0.6) is 0 Å². The first-order chi connectivity index (χ1) is 6.66. The first-order valence-electron chi connectivity index (χ1n) is 4.82. The molecule has 1 saturated carbocycles. The quantitative estimate of drug-likeness (QED) is 0.418. The Morgan fingerprint density at radius 3 is 2.43 bits per heavy atom. The number of hydroxylamine groups is 1. The third-order valence-electron chi connectivity index (χ3n) is 2.11. The lowest BCUT2D eigenvalue weighted by Gasteiger charge is -2.15. The Morgan fingerprint density at radius 2 is 1.93 bits per heavy atom. The van der Waals surface area contributed by atoms with Crippen molar-refractivity contribution in [1.29, 1.82) is 0 Å². The lowest BCUT2D eigenvalue weighted by Crippen LogP contribution is -2.25. The monoisotopic (exact) mass is 197 g/mol. The summed E-state index contributed by atoms with van der Waals surface area (Å²) in [6, 6.07) is 0. The second-order valence-corrected chi connectivity index (χ2v) is 3.23. The fraction of sp³-hybridized carbons (Fsp3) is 0.600. The highest BCUT2D eigenvalue weighted by atomic mass is 16.6. The molecule has 0 radical (unpaired) electrons. The summed E-state index contributed by atoms with van der Waals surface area (Å²) in [7, 11) is 0. The van der Waals surface area contributed by atoms with E-state index in [-0.39, 0.29) is 17.1 Å². The minimum atomic E-state index is -0.0778. The molecule has 78 valence electrons. The number of hydrogen-bond acceptors (Lipinski definition) is 4. The van der Waals surface area contributed by atoms with Gasteiger partial charge < -0.3 is 0 Å². The van der Waals surface area contributed by atoms with Gasteiger partial charge >= 0.3 is 0 Å². The standard InChI is InChI=1S/C10H15NO3/c1-3-14-11-7(2)10-8(12)5-4-6-9(10)13/h11H,3-6H2,1-2H3. The zero-order chi connectivity index (χ0) is 10.6. The van der Waals surface area contributed by atoms with Gasteiger partial charge in [0, 0.05) is 18.5 Å². The molecule has 0 unspecified atom stereocenters. The van der Waals surface area contributed by atoms with E-state index in [9.17, 15) is 9.59 Å². The van der Waals surface area contributed by atoms with E-state index in [1.165, 1.54) is 0 Å². The van der Waals surface area contributed by atoms with Gasteiger partial charge in [-0.15, -0.1) is 0 Å². The number of Topliss-reactive ketones (excluding diaryl/α,β-unsaturated/α-hetero) is 2. The molecule has 1 N–H and O–H groups in total. The van der Waals surface area contributed by atoms with E-state index in [0.717, 1.165) is 0 Å². The molecule has 1 fully saturated rings. The molecule has 0 spiro atoms. The molecule has 0 aromatic heterocycles. The van der Waals surface area contributed by atoms with Crippen LogP contribution in [0.4, 0.5) is 0 Å². The molecule has 1 aliphatic rings. The molecular weight excluding hydrogens is 182 g/mol. The third kappa shape index (κ3) is 2.42. The van der Waals surface area contributed by atoms with Gasteiger partial charge in [0.15, 0.2) is 11.6 Å². The first-order valence-corrected chi connectivity index (χ1v) is 4.82. The fourth-order valence-corrected chi connectivity index (χ4v) is 1.46. The van der Waals surface area contributed by atoms with Crippen molar-refractivity contribution in [3.63, 3.8) is 0 Å². The van der Waals surface area contributed by atoms with E-state index < -0.39 is 0 Å². The van der Waals surface area contributed by atoms with Crippen molar-refractivity contribution in [3.8, 4) is 0 Å². The smallest absolute Gasteiger partial charge is 0.168 e. The van der Waals surface area contributed by atoms with E-state index in [2.05, 4.69) is 5.48 Å².